The number of benzene rings is 1. The summed E-state index contributed by atoms with van der Waals surface area (Å²) in [5, 5.41) is 0.252. The highest BCUT2D eigenvalue weighted by Gasteiger charge is 2.53. The van der Waals surface area contributed by atoms with Crippen LogP contribution in [0.5, 0.6) is 5.75 Å². The maximum atomic E-state index is 13.1. The zero-order valence-corrected chi connectivity index (χ0v) is 22.6. The Kier molecular flexibility index (Phi) is 8.97. The molecule has 1 aromatic carbocycles. The topological polar surface area (TPSA) is 167 Å². The minimum atomic E-state index is -1.44. The monoisotopic (exact) mass is 569 g/mol. The standard InChI is InChI=1S/C28H27NO12/c1-14(30)35-13-23-25(37-15(2)31)26(38-16(3)32)27(39-17(4)33)28(41-23)40-18-8-9-19-22(11-18)36-12-20(24(19)34)21-7-5-6-10-29-21/h5-12,23,25-28H,13H2,1-4H3/t23-,25+,26-,27-,28+/m0/s1. The molecule has 5 atom stereocenters. The van der Waals surface area contributed by atoms with Gasteiger partial charge in [0.15, 0.2) is 12.2 Å². The molecule has 0 amide bonds. The summed E-state index contributed by atoms with van der Waals surface area (Å²) < 4.78 is 38.8. The summed E-state index contributed by atoms with van der Waals surface area (Å²) >= 11 is 0. The summed E-state index contributed by atoms with van der Waals surface area (Å²) in [6.45, 7) is 4.13. The second-order valence-corrected chi connectivity index (χ2v) is 9.04. The lowest BCUT2D eigenvalue weighted by molar-refractivity contribution is -0.288. The zero-order valence-electron chi connectivity index (χ0n) is 22.6. The van der Waals surface area contributed by atoms with Crippen molar-refractivity contribution in [2.75, 3.05) is 6.61 Å². The SMILES string of the molecule is CC(=O)OC[C@@H]1O[C@@H](Oc2ccc3c(=O)c(-c4ccccn4)coc3c2)[C@@H](OC(C)=O)[C@@H](OC(C)=O)[C@@H]1OC(C)=O. The van der Waals surface area contributed by atoms with Gasteiger partial charge in [-0.15, -0.1) is 0 Å². The van der Waals surface area contributed by atoms with E-state index in [0.29, 0.717) is 5.69 Å². The molecule has 0 N–H and O–H groups in total. The summed E-state index contributed by atoms with van der Waals surface area (Å²) in [4.78, 5) is 64.7. The second kappa shape index (κ2) is 12.6. The number of rotatable bonds is 8. The summed E-state index contributed by atoms with van der Waals surface area (Å²) in [7, 11) is 0. The van der Waals surface area contributed by atoms with Gasteiger partial charge < -0.3 is 32.8 Å². The molecule has 0 bridgehead atoms. The van der Waals surface area contributed by atoms with Crippen LogP contribution in [0.25, 0.3) is 22.2 Å². The molecule has 2 aromatic heterocycles. The molecule has 0 radical (unpaired) electrons. The number of fused-ring (bicyclic) bond motifs is 1. The van der Waals surface area contributed by atoms with E-state index in [1.807, 2.05) is 0 Å². The fourth-order valence-electron chi connectivity index (χ4n) is 4.30. The molecule has 4 rings (SSSR count). The van der Waals surface area contributed by atoms with Gasteiger partial charge in [-0.25, -0.2) is 0 Å². The fraction of sp³-hybridized carbons (Fsp3) is 0.357. The molecule has 1 fully saturated rings. The van der Waals surface area contributed by atoms with Crippen molar-refractivity contribution in [3.8, 4) is 17.0 Å². The first-order valence-electron chi connectivity index (χ1n) is 12.5. The van der Waals surface area contributed by atoms with Crippen molar-refractivity contribution >= 4 is 34.8 Å². The first-order chi connectivity index (χ1) is 19.5. The number of pyridine rings is 1. The normalized spacial score (nSPS) is 21.9. The Hall–Kier alpha value is -4.78. The third-order valence-corrected chi connectivity index (χ3v) is 5.89. The number of nitrogens with zero attached hydrogens (tertiary/aromatic N) is 1. The Morgan fingerprint density at radius 3 is 2.17 bits per heavy atom. The quantitative estimate of drug-likeness (QED) is 0.287. The fourth-order valence-corrected chi connectivity index (χ4v) is 4.30. The molecule has 3 aromatic rings. The van der Waals surface area contributed by atoms with Gasteiger partial charge in [-0.1, -0.05) is 6.07 Å². The van der Waals surface area contributed by atoms with Crippen LogP contribution in [0.1, 0.15) is 27.7 Å². The Balaban J connectivity index is 1.70. The van der Waals surface area contributed by atoms with E-state index >= 15 is 0 Å². The van der Waals surface area contributed by atoms with E-state index in [1.165, 1.54) is 31.4 Å². The Labute approximate surface area is 233 Å². The molecule has 1 aliphatic rings. The van der Waals surface area contributed by atoms with Crippen molar-refractivity contribution in [2.45, 2.75) is 58.4 Å². The predicted octanol–water partition coefficient (Wildman–Crippen LogP) is 2.32. The molecule has 216 valence electrons. The largest absolute Gasteiger partial charge is 0.463 e. The lowest BCUT2D eigenvalue weighted by atomic mass is 9.98. The maximum absolute atomic E-state index is 13.1. The van der Waals surface area contributed by atoms with Gasteiger partial charge in [0.25, 0.3) is 0 Å². The van der Waals surface area contributed by atoms with E-state index in [9.17, 15) is 24.0 Å². The second-order valence-electron chi connectivity index (χ2n) is 9.04. The molecule has 3 heterocycles. The molecule has 1 aliphatic heterocycles. The van der Waals surface area contributed by atoms with E-state index in [4.69, 9.17) is 32.8 Å². The summed E-state index contributed by atoms with van der Waals surface area (Å²) in [5.74, 6) is -2.80. The Morgan fingerprint density at radius 2 is 1.54 bits per heavy atom. The minimum Gasteiger partial charge on any atom is -0.463 e. The van der Waals surface area contributed by atoms with Crippen LogP contribution in [0, 0.1) is 0 Å². The zero-order chi connectivity index (χ0) is 29.7. The van der Waals surface area contributed by atoms with Gasteiger partial charge in [0.05, 0.1) is 16.6 Å². The van der Waals surface area contributed by atoms with Crippen LogP contribution >= 0.6 is 0 Å². The molecule has 41 heavy (non-hydrogen) atoms. The molecule has 1 saturated heterocycles. The third-order valence-electron chi connectivity index (χ3n) is 5.89. The highest BCUT2D eigenvalue weighted by Crippen LogP contribution is 2.32. The number of esters is 4. The predicted molar refractivity (Wildman–Crippen MR) is 138 cm³/mol. The van der Waals surface area contributed by atoms with Crippen LogP contribution in [0.15, 0.2) is 58.1 Å². The van der Waals surface area contributed by atoms with Gasteiger partial charge in [-0.3, -0.25) is 29.0 Å². The van der Waals surface area contributed by atoms with Crippen LogP contribution in [0.2, 0.25) is 0 Å². The van der Waals surface area contributed by atoms with Crippen LogP contribution in [0.3, 0.4) is 0 Å². The van der Waals surface area contributed by atoms with Gasteiger partial charge in [0.2, 0.25) is 17.8 Å². The van der Waals surface area contributed by atoms with Crippen molar-refractivity contribution in [2.24, 2.45) is 0 Å². The van der Waals surface area contributed by atoms with Crippen molar-refractivity contribution in [3.05, 3.63) is 59.1 Å². The van der Waals surface area contributed by atoms with Gasteiger partial charge in [-0.2, -0.15) is 0 Å². The minimum absolute atomic E-state index is 0.132. The van der Waals surface area contributed by atoms with Gasteiger partial charge in [0.1, 0.15) is 30.3 Å². The third kappa shape index (κ3) is 7.06. The van der Waals surface area contributed by atoms with E-state index < -0.39 is 61.2 Å². The summed E-state index contributed by atoms with van der Waals surface area (Å²) in [6.07, 6.45) is -3.90. The molecule has 13 heteroatoms. The van der Waals surface area contributed by atoms with Gasteiger partial charge in [-0.05, 0) is 24.3 Å². The molecule has 0 aliphatic carbocycles. The molecular weight excluding hydrogens is 542 g/mol. The smallest absolute Gasteiger partial charge is 0.303 e. The molecular formula is C28H27NO12. The number of hydrogen-bond acceptors (Lipinski definition) is 13. The summed E-state index contributed by atoms with van der Waals surface area (Å²) in [6, 6.07) is 9.52. The highest BCUT2D eigenvalue weighted by atomic mass is 16.7. The van der Waals surface area contributed by atoms with Crippen molar-refractivity contribution in [3.63, 3.8) is 0 Å². The van der Waals surface area contributed by atoms with Gasteiger partial charge >= 0.3 is 23.9 Å². The number of carbonyl (C=O) groups excluding carboxylic acids is 4. The average Bonchev–Trinajstić information content (AvgIpc) is 2.91. The lowest BCUT2D eigenvalue weighted by Gasteiger charge is -2.43. The lowest BCUT2D eigenvalue weighted by Crippen LogP contribution is -2.63. The van der Waals surface area contributed by atoms with Crippen LogP contribution < -0.4 is 10.2 Å². The van der Waals surface area contributed by atoms with Crippen LogP contribution in [-0.4, -0.2) is 66.2 Å². The molecule has 13 nitrogen and oxygen atoms in total. The van der Waals surface area contributed by atoms with E-state index in [1.54, 1.807) is 24.4 Å². The number of hydrogen-bond donors (Lipinski definition) is 0. The maximum Gasteiger partial charge on any atom is 0.303 e. The van der Waals surface area contributed by atoms with Crippen LogP contribution in [-0.2, 0) is 42.9 Å². The van der Waals surface area contributed by atoms with E-state index in [-0.39, 0.29) is 27.7 Å². The summed E-state index contributed by atoms with van der Waals surface area (Å²) in [5.41, 5.74) is 0.578. The Bertz CT molecular complexity index is 1500. The molecule has 0 saturated carbocycles. The van der Waals surface area contributed by atoms with Crippen LogP contribution in [0.4, 0.5) is 0 Å². The molecule has 0 unspecified atom stereocenters. The number of ether oxygens (including phenoxy) is 6. The first-order valence-corrected chi connectivity index (χ1v) is 12.5. The average molecular weight is 570 g/mol. The van der Waals surface area contributed by atoms with Gasteiger partial charge in [0, 0.05) is 40.0 Å². The number of carbonyl (C=O) groups is 4. The highest BCUT2D eigenvalue weighted by molar-refractivity contribution is 5.82. The van der Waals surface area contributed by atoms with E-state index in [2.05, 4.69) is 4.98 Å². The van der Waals surface area contributed by atoms with Crippen molar-refractivity contribution in [1.29, 1.82) is 0 Å². The Morgan fingerprint density at radius 1 is 0.854 bits per heavy atom. The first kappa shape index (κ1) is 29.2. The molecule has 0 spiro atoms. The number of aromatic nitrogens is 1. The van der Waals surface area contributed by atoms with E-state index in [0.717, 1.165) is 20.8 Å². The van der Waals surface area contributed by atoms with Crippen molar-refractivity contribution in [1.82, 2.24) is 4.98 Å². The van der Waals surface area contributed by atoms with Crippen molar-refractivity contribution < 1.29 is 52.0 Å².